The van der Waals surface area contributed by atoms with Gasteiger partial charge in [0.1, 0.15) is 4.83 Å². The van der Waals surface area contributed by atoms with E-state index in [0.29, 0.717) is 6.54 Å². The van der Waals surface area contributed by atoms with E-state index >= 15 is 0 Å². The Morgan fingerprint density at radius 2 is 1.96 bits per heavy atom. The molecule has 0 atom stereocenters. The third kappa shape index (κ3) is 2.57. The number of thiophene rings is 1. The van der Waals surface area contributed by atoms with Crippen molar-refractivity contribution in [2.75, 3.05) is 0 Å². The quantitative estimate of drug-likeness (QED) is 0.679. The van der Waals surface area contributed by atoms with E-state index in [0.717, 1.165) is 40.9 Å². The number of rotatable bonds is 2. The number of aryl methyl sites for hydroxylation is 3. The SMILES string of the molecule is Cc1nccnc1Cn1cnc2sc3c(c2c1=O)CCCCC3. The second kappa shape index (κ2) is 5.85. The molecule has 6 heteroatoms. The molecule has 1 aliphatic rings. The molecule has 1 aliphatic carbocycles. The Morgan fingerprint density at radius 1 is 1.13 bits per heavy atom. The van der Waals surface area contributed by atoms with Gasteiger partial charge in [0.15, 0.2) is 0 Å². The molecular weight excluding hydrogens is 308 g/mol. The summed E-state index contributed by atoms with van der Waals surface area (Å²) >= 11 is 1.69. The topological polar surface area (TPSA) is 60.7 Å². The van der Waals surface area contributed by atoms with E-state index in [9.17, 15) is 4.79 Å². The van der Waals surface area contributed by atoms with Gasteiger partial charge in [0.05, 0.1) is 29.6 Å². The minimum Gasteiger partial charge on any atom is -0.293 e. The monoisotopic (exact) mass is 326 g/mol. The predicted molar refractivity (Wildman–Crippen MR) is 91.0 cm³/mol. The van der Waals surface area contributed by atoms with Crippen molar-refractivity contribution in [2.24, 2.45) is 0 Å². The number of hydrogen-bond acceptors (Lipinski definition) is 5. The molecular formula is C17H18N4OS. The maximum absolute atomic E-state index is 13.0. The second-order valence-corrected chi connectivity index (χ2v) is 7.09. The minimum absolute atomic E-state index is 0.0550. The first-order chi connectivity index (χ1) is 11.2. The summed E-state index contributed by atoms with van der Waals surface area (Å²) in [6, 6.07) is 0. The molecule has 0 radical (unpaired) electrons. The molecule has 0 aliphatic heterocycles. The Hall–Kier alpha value is -2.08. The lowest BCUT2D eigenvalue weighted by molar-refractivity contribution is 0.709. The fraction of sp³-hybridized carbons (Fsp3) is 0.412. The Labute approximate surface area is 138 Å². The van der Waals surface area contributed by atoms with Crippen LogP contribution >= 0.6 is 11.3 Å². The normalized spacial score (nSPS) is 14.7. The van der Waals surface area contributed by atoms with E-state index in [1.165, 1.54) is 23.3 Å². The fourth-order valence-corrected chi connectivity index (χ4v) is 4.44. The molecule has 5 nitrogen and oxygen atoms in total. The van der Waals surface area contributed by atoms with Gasteiger partial charge in [-0.05, 0) is 38.2 Å². The van der Waals surface area contributed by atoms with Crippen molar-refractivity contribution >= 4 is 21.6 Å². The van der Waals surface area contributed by atoms with Gasteiger partial charge in [0, 0.05) is 17.3 Å². The van der Waals surface area contributed by atoms with Crippen LogP contribution in [0, 0.1) is 6.92 Å². The molecule has 0 N–H and O–H groups in total. The van der Waals surface area contributed by atoms with Crippen molar-refractivity contribution in [3.63, 3.8) is 0 Å². The van der Waals surface area contributed by atoms with E-state index in [4.69, 9.17) is 0 Å². The maximum Gasteiger partial charge on any atom is 0.262 e. The van der Waals surface area contributed by atoms with Crippen LogP contribution in [0.4, 0.5) is 0 Å². The van der Waals surface area contributed by atoms with Crippen LogP contribution in [0.2, 0.25) is 0 Å². The van der Waals surface area contributed by atoms with Gasteiger partial charge in [-0.1, -0.05) is 6.42 Å². The van der Waals surface area contributed by atoms with Crippen LogP contribution in [0.1, 0.15) is 41.1 Å². The largest absolute Gasteiger partial charge is 0.293 e. The Morgan fingerprint density at radius 3 is 2.83 bits per heavy atom. The molecule has 0 unspecified atom stereocenters. The van der Waals surface area contributed by atoms with Crippen LogP contribution in [0.5, 0.6) is 0 Å². The van der Waals surface area contributed by atoms with Gasteiger partial charge in [-0.15, -0.1) is 11.3 Å². The Balaban J connectivity index is 1.83. The van der Waals surface area contributed by atoms with Crippen LogP contribution in [-0.4, -0.2) is 19.5 Å². The molecule has 118 valence electrons. The van der Waals surface area contributed by atoms with E-state index in [2.05, 4.69) is 15.0 Å². The summed E-state index contributed by atoms with van der Waals surface area (Å²) in [5, 5.41) is 0.830. The number of nitrogens with zero attached hydrogens (tertiary/aromatic N) is 4. The molecule has 0 bridgehead atoms. The average Bonchev–Trinajstić information content (AvgIpc) is 2.75. The first-order valence-electron chi connectivity index (χ1n) is 8.00. The van der Waals surface area contributed by atoms with Crippen LogP contribution in [0.3, 0.4) is 0 Å². The van der Waals surface area contributed by atoms with E-state index in [-0.39, 0.29) is 5.56 Å². The van der Waals surface area contributed by atoms with E-state index in [1.54, 1.807) is 34.6 Å². The van der Waals surface area contributed by atoms with Crippen molar-refractivity contribution in [3.05, 3.63) is 50.9 Å². The lowest BCUT2D eigenvalue weighted by Gasteiger charge is -2.07. The molecule has 23 heavy (non-hydrogen) atoms. The van der Waals surface area contributed by atoms with Gasteiger partial charge < -0.3 is 0 Å². The van der Waals surface area contributed by atoms with Crippen LogP contribution in [0.25, 0.3) is 10.2 Å². The molecule has 3 heterocycles. The maximum atomic E-state index is 13.0. The van der Waals surface area contributed by atoms with Gasteiger partial charge in [-0.3, -0.25) is 19.3 Å². The summed E-state index contributed by atoms with van der Waals surface area (Å²) in [6.07, 6.45) is 10.7. The summed E-state index contributed by atoms with van der Waals surface area (Å²) < 4.78 is 1.66. The molecule has 4 rings (SSSR count). The molecule has 0 fully saturated rings. The van der Waals surface area contributed by atoms with Crippen molar-refractivity contribution < 1.29 is 0 Å². The van der Waals surface area contributed by atoms with Crippen molar-refractivity contribution in [1.29, 1.82) is 0 Å². The van der Waals surface area contributed by atoms with Gasteiger partial charge in [0.25, 0.3) is 5.56 Å². The number of hydrogen-bond donors (Lipinski definition) is 0. The molecule has 3 aromatic rings. The van der Waals surface area contributed by atoms with E-state index in [1.807, 2.05) is 6.92 Å². The van der Waals surface area contributed by atoms with Crippen molar-refractivity contribution in [1.82, 2.24) is 19.5 Å². The van der Waals surface area contributed by atoms with Crippen molar-refractivity contribution in [2.45, 2.75) is 45.6 Å². The highest BCUT2D eigenvalue weighted by Gasteiger charge is 2.19. The summed E-state index contributed by atoms with van der Waals surface area (Å²) in [6.45, 7) is 2.34. The number of aromatic nitrogens is 4. The highest BCUT2D eigenvalue weighted by molar-refractivity contribution is 7.18. The lowest BCUT2D eigenvalue weighted by atomic mass is 10.1. The molecule has 0 amide bonds. The molecule has 0 aromatic carbocycles. The summed E-state index contributed by atoms with van der Waals surface area (Å²) in [7, 11) is 0. The van der Waals surface area contributed by atoms with Crippen molar-refractivity contribution in [3.8, 4) is 0 Å². The first-order valence-corrected chi connectivity index (χ1v) is 8.82. The van der Waals surface area contributed by atoms with Crippen LogP contribution in [-0.2, 0) is 19.4 Å². The lowest BCUT2D eigenvalue weighted by Crippen LogP contribution is -2.22. The fourth-order valence-electron chi connectivity index (χ4n) is 3.22. The zero-order valence-corrected chi connectivity index (χ0v) is 13.9. The summed E-state index contributed by atoms with van der Waals surface area (Å²) in [4.78, 5) is 28.3. The van der Waals surface area contributed by atoms with Crippen LogP contribution in [0.15, 0.2) is 23.5 Å². The van der Waals surface area contributed by atoms with Gasteiger partial charge >= 0.3 is 0 Å². The highest BCUT2D eigenvalue weighted by atomic mass is 32.1. The average molecular weight is 326 g/mol. The Kier molecular flexibility index (Phi) is 3.69. The molecule has 3 aromatic heterocycles. The molecule has 0 spiro atoms. The summed E-state index contributed by atoms with van der Waals surface area (Å²) in [5.74, 6) is 0. The first kappa shape index (κ1) is 14.5. The summed E-state index contributed by atoms with van der Waals surface area (Å²) in [5.41, 5.74) is 2.96. The van der Waals surface area contributed by atoms with Gasteiger partial charge in [-0.25, -0.2) is 4.98 Å². The third-order valence-corrected chi connectivity index (χ3v) is 5.69. The minimum atomic E-state index is 0.0550. The Bertz CT molecular complexity index is 928. The molecule has 0 saturated heterocycles. The predicted octanol–water partition coefficient (Wildman–Crippen LogP) is 2.87. The second-order valence-electron chi connectivity index (χ2n) is 6.01. The smallest absolute Gasteiger partial charge is 0.262 e. The molecule has 0 saturated carbocycles. The van der Waals surface area contributed by atoms with Crippen LogP contribution < -0.4 is 5.56 Å². The highest BCUT2D eigenvalue weighted by Crippen LogP contribution is 2.32. The van der Waals surface area contributed by atoms with Gasteiger partial charge in [-0.2, -0.15) is 0 Å². The standard InChI is InChI=1S/C17H18N4OS/c1-11-13(19-8-7-18-11)9-21-10-20-16-15(17(21)22)12-5-3-2-4-6-14(12)23-16/h7-8,10H,2-6,9H2,1H3. The zero-order valence-electron chi connectivity index (χ0n) is 13.1. The van der Waals surface area contributed by atoms with Gasteiger partial charge in [0.2, 0.25) is 0 Å². The third-order valence-electron chi connectivity index (χ3n) is 4.49. The zero-order chi connectivity index (χ0) is 15.8. The number of fused-ring (bicyclic) bond motifs is 3. The van der Waals surface area contributed by atoms with E-state index < -0.39 is 0 Å².